The van der Waals surface area contributed by atoms with Gasteiger partial charge in [0.15, 0.2) is 5.69 Å². The molecule has 37 heavy (non-hydrogen) atoms. The number of amidine groups is 1. The number of nitrogen functional groups attached to an aromatic ring is 1. The molecule has 13 heteroatoms. The predicted octanol–water partition coefficient (Wildman–Crippen LogP) is 2.55. The van der Waals surface area contributed by atoms with E-state index in [2.05, 4.69) is 39.6 Å². The molecule has 0 saturated carbocycles. The maximum Gasteiger partial charge on any atom is 0.272 e. The Morgan fingerprint density at radius 3 is 2.49 bits per heavy atom. The van der Waals surface area contributed by atoms with Crippen molar-refractivity contribution in [2.75, 3.05) is 26.0 Å². The number of ether oxygens (including phenoxy) is 1. The third-order valence-corrected chi connectivity index (χ3v) is 5.07. The second-order valence-corrected chi connectivity index (χ2v) is 9.94. The Bertz CT molecular complexity index is 1330. The van der Waals surface area contributed by atoms with Gasteiger partial charge in [0.1, 0.15) is 22.4 Å². The van der Waals surface area contributed by atoms with Gasteiger partial charge in [-0.05, 0) is 60.7 Å². The molecule has 2 aromatic carbocycles. The van der Waals surface area contributed by atoms with E-state index in [1.807, 2.05) is 12.1 Å². The van der Waals surface area contributed by atoms with Gasteiger partial charge in [-0.2, -0.15) is 8.42 Å². The smallest absolute Gasteiger partial charge is 0.272 e. The standard InChI is InChI=1S/C23H27ClN6O2.CH4O3S/c24-19-14-29-20(22(26)27)21(30-19)23(31)28-10-2-1-4-15-5-6-17-13-18(32-11-3-9-25)8-7-16(17)12-15;1-5(2,3)4/h5-8,12-14H,1-4,9-11,25H2,(H3,26,27)(H,28,31);1H3,(H,2,3,4). The molecule has 1 heterocycles. The van der Waals surface area contributed by atoms with Gasteiger partial charge in [0, 0.05) is 6.54 Å². The fourth-order valence-electron chi connectivity index (χ4n) is 3.25. The fourth-order valence-corrected chi connectivity index (χ4v) is 3.39. The number of amides is 1. The summed E-state index contributed by atoms with van der Waals surface area (Å²) < 4.78 is 31.6. The van der Waals surface area contributed by atoms with Gasteiger partial charge in [-0.25, -0.2) is 9.97 Å². The highest BCUT2D eigenvalue weighted by molar-refractivity contribution is 7.85. The van der Waals surface area contributed by atoms with Gasteiger partial charge < -0.3 is 21.5 Å². The van der Waals surface area contributed by atoms with Crippen LogP contribution in [-0.4, -0.2) is 60.6 Å². The lowest BCUT2D eigenvalue weighted by molar-refractivity contribution is 0.0947. The molecule has 0 fully saturated rings. The molecule has 3 rings (SSSR count). The van der Waals surface area contributed by atoms with E-state index in [0.717, 1.165) is 36.8 Å². The molecule has 0 aliphatic carbocycles. The fraction of sp³-hybridized carbons (Fsp3) is 0.333. The van der Waals surface area contributed by atoms with Crippen molar-refractivity contribution in [2.45, 2.75) is 25.7 Å². The van der Waals surface area contributed by atoms with Crippen LogP contribution in [0.25, 0.3) is 10.8 Å². The minimum atomic E-state index is -3.67. The normalized spacial score (nSPS) is 10.9. The van der Waals surface area contributed by atoms with Crippen molar-refractivity contribution < 1.29 is 22.5 Å². The lowest BCUT2D eigenvalue weighted by Crippen LogP contribution is -2.29. The van der Waals surface area contributed by atoms with Crippen molar-refractivity contribution >= 4 is 44.2 Å². The summed E-state index contributed by atoms with van der Waals surface area (Å²) in [4.78, 5) is 20.2. The first kappa shape index (κ1) is 29.9. The van der Waals surface area contributed by atoms with Crippen molar-refractivity contribution in [1.29, 1.82) is 5.41 Å². The van der Waals surface area contributed by atoms with Crippen LogP contribution in [0.4, 0.5) is 0 Å². The van der Waals surface area contributed by atoms with Crippen LogP contribution in [0, 0.1) is 5.41 Å². The number of halogens is 1. The zero-order chi connectivity index (χ0) is 27.4. The maximum absolute atomic E-state index is 12.4. The topological polar surface area (TPSA) is 194 Å². The number of rotatable bonds is 11. The van der Waals surface area contributed by atoms with Gasteiger partial charge in [0.2, 0.25) is 0 Å². The van der Waals surface area contributed by atoms with E-state index >= 15 is 0 Å². The second-order valence-electron chi connectivity index (χ2n) is 8.08. The SMILES string of the molecule is CS(=O)(=O)O.N=C(N)c1ncc(Cl)nc1C(=O)NCCCCc1ccc2cc(OCCCN)ccc2c1. The molecule has 0 radical (unpaired) electrons. The Kier molecular flexibility index (Phi) is 11.7. The monoisotopic (exact) mass is 550 g/mol. The minimum absolute atomic E-state index is 0.0241. The van der Waals surface area contributed by atoms with Crippen LogP contribution >= 0.6 is 11.6 Å². The molecule has 1 aromatic heterocycles. The number of benzene rings is 2. The largest absolute Gasteiger partial charge is 0.494 e. The molecular formula is C24H31ClN6O5S. The van der Waals surface area contributed by atoms with E-state index in [9.17, 15) is 13.2 Å². The molecule has 0 saturated heterocycles. The summed E-state index contributed by atoms with van der Waals surface area (Å²) >= 11 is 5.82. The number of aromatic nitrogens is 2. The van der Waals surface area contributed by atoms with E-state index in [1.165, 1.54) is 17.1 Å². The number of carbonyl (C=O) groups excluding carboxylic acids is 1. The van der Waals surface area contributed by atoms with E-state index < -0.39 is 16.0 Å². The third-order valence-electron chi connectivity index (χ3n) is 4.88. The van der Waals surface area contributed by atoms with E-state index in [1.54, 1.807) is 0 Å². The average molecular weight is 551 g/mol. The highest BCUT2D eigenvalue weighted by atomic mass is 35.5. The van der Waals surface area contributed by atoms with Crippen LogP contribution < -0.4 is 21.5 Å². The zero-order valence-electron chi connectivity index (χ0n) is 20.4. The molecular weight excluding hydrogens is 520 g/mol. The molecule has 0 aliphatic heterocycles. The van der Waals surface area contributed by atoms with Crippen LogP contribution in [0.2, 0.25) is 5.15 Å². The number of carbonyl (C=O) groups is 1. The van der Waals surface area contributed by atoms with Gasteiger partial charge in [-0.15, -0.1) is 0 Å². The zero-order valence-corrected chi connectivity index (χ0v) is 22.0. The summed E-state index contributed by atoms with van der Waals surface area (Å²) in [5, 5.41) is 12.7. The Morgan fingerprint density at radius 1 is 1.14 bits per heavy atom. The molecule has 7 N–H and O–H groups in total. The lowest BCUT2D eigenvalue weighted by atomic mass is 10.0. The molecule has 1 amide bonds. The van der Waals surface area contributed by atoms with E-state index in [-0.39, 0.29) is 22.4 Å². The molecule has 3 aromatic rings. The number of nitrogens with zero attached hydrogens (tertiary/aromatic N) is 2. The molecule has 11 nitrogen and oxygen atoms in total. The number of nitrogens with two attached hydrogens (primary N) is 2. The van der Waals surface area contributed by atoms with Crippen molar-refractivity contribution in [3.8, 4) is 5.75 Å². The summed E-state index contributed by atoms with van der Waals surface area (Å²) in [5.74, 6) is 0.0806. The Hall–Kier alpha value is -3.32. The Labute approximate surface area is 220 Å². The Balaban J connectivity index is 0.000000877. The average Bonchev–Trinajstić information content (AvgIpc) is 2.82. The van der Waals surface area contributed by atoms with Gasteiger partial charge in [-0.1, -0.05) is 35.9 Å². The predicted molar refractivity (Wildman–Crippen MR) is 144 cm³/mol. The van der Waals surface area contributed by atoms with Crippen molar-refractivity contribution in [2.24, 2.45) is 11.5 Å². The van der Waals surface area contributed by atoms with Crippen molar-refractivity contribution in [3.63, 3.8) is 0 Å². The number of hydrogen-bond acceptors (Lipinski definition) is 8. The molecule has 0 atom stereocenters. The van der Waals surface area contributed by atoms with E-state index in [4.69, 9.17) is 37.8 Å². The van der Waals surface area contributed by atoms with Gasteiger partial charge in [-0.3, -0.25) is 14.8 Å². The highest BCUT2D eigenvalue weighted by Gasteiger charge is 2.17. The van der Waals surface area contributed by atoms with E-state index in [0.29, 0.717) is 26.0 Å². The van der Waals surface area contributed by atoms with Crippen LogP contribution in [0.1, 0.15) is 41.0 Å². The van der Waals surface area contributed by atoms with Crippen molar-refractivity contribution in [1.82, 2.24) is 15.3 Å². The van der Waals surface area contributed by atoms with Crippen LogP contribution in [0.3, 0.4) is 0 Å². The molecule has 0 aliphatic rings. The summed E-state index contributed by atoms with van der Waals surface area (Å²) in [5.41, 5.74) is 12.2. The van der Waals surface area contributed by atoms with Gasteiger partial charge >= 0.3 is 0 Å². The minimum Gasteiger partial charge on any atom is -0.494 e. The van der Waals surface area contributed by atoms with Crippen molar-refractivity contribution in [3.05, 3.63) is 64.7 Å². The van der Waals surface area contributed by atoms with Crippen LogP contribution in [0.15, 0.2) is 42.6 Å². The number of aryl methyl sites for hydroxylation is 1. The maximum atomic E-state index is 12.4. The Morgan fingerprint density at radius 2 is 1.81 bits per heavy atom. The number of nitrogens with one attached hydrogen (secondary N) is 2. The first-order chi connectivity index (χ1) is 17.5. The first-order valence-corrected chi connectivity index (χ1v) is 13.6. The highest BCUT2D eigenvalue weighted by Crippen LogP contribution is 2.23. The molecule has 0 spiro atoms. The van der Waals surface area contributed by atoms with Crippen LogP contribution in [0.5, 0.6) is 5.75 Å². The number of hydrogen-bond donors (Lipinski definition) is 5. The number of unbranched alkanes of at least 4 members (excludes halogenated alkanes) is 1. The lowest BCUT2D eigenvalue weighted by Gasteiger charge is -2.09. The summed E-state index contributed by atoms with van der Waals surface area (Å²) in [6, 6.07) is 12.5. The number of fused-ring (bicyclic) bond motifs is 1. The molecule has 0 bridgehead atoms. The quantitative estimate of drug-likeness (QED) is 0.103. The van der Waals surface area contributed by atoms with Crippen LogP contribution in [-0.2, 0) is 16.5 Å². The molecule has 200 valence electrons. The summed E-state index contributed by atoms with van der Waals surface area (Å²) in [7, 11) is -3.67. The molecule has 0 unspecified atom stereocenters. The summed E-state index contributed by atoms with van der Waals surface area (Å²) in [6.45, 7) is 1.72. The van der Waals surface area contributed by atoms with Gasteiger partial charge in [0.25, 0.3) is 16.0 Å². The second kappa shape index (κ2) is 14.4. The van der Waals surface area contributed by atoms with Gasteiger partial charge in [0.05, 0.1) is 19.1 Å². The first-order valence-electron chi connectivity index (χ1n) is 11.4. The third kappa shape index (κ3) is 11.1. The summed E-state index contributed by atoms with van der Waals surface area (Å²) in [6.07, 6.45) is 5.41.